The van der Waals surface area contributed by atoms with Crippen molar-refractivity contribution < 1.29 is 14.1 Å². The molecular formula is C20H28BBrN2O3. The Balaban J connectivity index is 2.24. The molecule has 2 heterocycles. The molecule has 5 nitrogen and oxygen atoms in total. The number of aromatic nitrogens is 1. The first kappa shape index (κ1) is 20.4. The van der Waals surface area contributed by atoms with Crippen molar-refractivity contribution >= 4 is 45.6 Å². The van der Waals surface area contributed by atoms with Crippen LogP contribution in [0.2, 0.25) is 0 Å². The van der Waals surface area contributed by atoms with Crippen LogP contribution in [-0.4, -0.2) is 46.9 Å². The number of carbonyl (C=O) groups excluding carboxylic acids is 1. The zero-order valence-electron chi connectivity index (χ0n) is 17.2. The largest absolute Gasteiger partial charge is 0.513 e. The second-order valence-corrected chi connectivity index (χ2v) is 8.97. The number of hydrogen-bond acceptors (Lipinski definition) is 3. The van der Waals surface area contributed by atoms with Crippen LogP contribution < -0.4 is 5.59 Å². The lowest BCUT2D eigenvalue weighted by atomic mass is 9.81. The summed E-state index contributed by atoms with van der Waals surface area (Å²) in [4.78, 5) is 15.2. The fourth-order valence-electron chi connectivity index (χ4n) is 3.52. The highest BCUT2D eigenvalue weighted by Crippen LogP contribution is 2.37. The lowest BCUT2D eigenvalue weighted by molar-refractivity contribution is 0.00578. The normalized spacial score (nSPS) is 18.3. The van der Waals surface area contributed by atoms with Crippen molar-refractivity contribution in [1.82, 2.24) is 9.47 Å². The number of nitrogens with zero attached hydrogens (tertiary/aromatic N) is 2. The van der Waals surface area contributed by atoms with Gasteiger partial charge in [-0.15, -0.1) is 0 Å². The van der Waals surface area contributed by atoms with E-state index >= 15 is 0 Å². The number of benzene rings is 1. The summed E-state index contributed by atoms with van der Waals surface area (Å²) in [6, 6.07) is 5.93. The van der Waals surface area contributed by atoms with Crippen LogP contribution in [0.25, 0.3) is 10.9 Å². The van der Waals surface area contributed by atoms with Crippen molar-refractivity contribution in [2.75, 3.05) is 13.1 Å². The first-order valence-corrected chi connectivity index (χ1v) is 10.3. The van der Waals surface area contributed by atoms with E-state index in [2.05, 4.69) is 15.9 Å². The molecular weight excluding hydrogens is 407 g/mol. The molecule has 3 rings (SSSR count). The van der Waals surface area contributed by atoms with Gasteiger partial charge in [0.05, 0.1) is 22.3 Å². The van der Waals surface area contributed by atoms with Crippen molar-refractivity contribution in [1.29, 1.82) is 0 Å². The van der Waals surface area contributed by atoms with Gasteiger partial charge in [-0.05, 0) is 72.2 Å². The van der Waals surface area contributed by atoms with E-state index in [1.807, 2.05) is 71.6 Å². The second kappa shape index (κ2) is 6.94. The molecule has 1 aliphatic rings. The Morgan fingerprint density at radius 3 is 2.22 bits per heavy atom. The van der Waals surface area contributed by atoms with Gasteiger partial charge in [0.2, 0.25) is 0 Å². The fraction of sp³-hybridized carbons (Fsp3) is 0.550. The molecule has 1 amide bonds. The quantitative estimate of drug-likeness (QED) is 0.675. The smallest absolute Gasteiger partial charge is 0.398 e. The molecule has 0 radical (unpaired) electrons. The van der Waals surface area contributed by atoms with Crippen LogP contribution in [0.3, 0.4) is 0 Å². The zero-order valence-corrected chi connectivity index (χ0v) is 18.8. The molecule has 1 fully saturated rings. The Morgan fingerprint density at radius 1 is 1.15 bits per heavy atom. The van der Waals surface area contributed by atoms with E-state index in [-0.39, 0.29) is 6.03 Å². The van der Waals surface area contributed by atoms with Crippen molar-refractivity contribution in [3.63, 3.8) is 0 Å². The van der Waals surface area contributed by atoms with Gasteiger partial charge in [0, 0.05) is 22.9 Å². The van der Waals surface area contributed by atoms with Gasteiger partial charge < -0.3 is 14.2 Å². The minimum absolute atomic E-state index is 0.0508. The van der Waals surface area contributed by atoms with E-state index in [4.69, 9.17) is 9.31 Å². The standard InChI is InChI=1S/C20H28BBrN2O3/c1-8-23(9-2)18(25)24-16-11-10-14(22)12-15(16)13(3)17(24)21-26-19(4,5)20(6,7)27-21/h10-12H,8-9H2,1-7H3. The summed E-state index contributed by atoms with van der Waals surface area (Å²) in [5.74, 6) is 0. The number of halogens is 1. The minimum Gasteiger partial charge on any atom is -0.398 e. The van der Waals surface area contributed by atoms with Gasteiger partial charge in [-0.2, -0.15) is 0 Å². The van der Waals surface area contributed by atoms with Crippen LogP contribution in [0.5, 0.6) is 0 Å². The minimum atomic E-state index is -0.597. The second-order valence-electron chi connectivity index (χ2n) is 8.05. The van der Waals surface area contributed by atoms with Gasteiger partial charge in [0.25, 0.3) is 0 Å². The molecule has 0 bridgehead atoms. The van der Waals surface area contributed by atoms with Gasteiger partial charge in [-0.1, -0.05) is 15.9 Å². The highest BCUT2D eigenvalue weighted by molar-refractivity contribution is 9.10. The third-order valence-corrected chi connectivity index (χ3v) is 6.42. The number of fused-ring (bicyclic) bond motifs is 1. The molecule has 7 heteroatoms. The summed E-state index contributed by atoms with van der Waals surface area (Å²) in [5, 5.41) is 1.02. The third-order valence-electron chi connectivity index (χ3n) is 5.93. The predicted octanol–water partition coefficient (Wildman–Crippen LogP) is 4.32. The molecule has 2 aromatic rings. The van der Waals surface area contributed by atoms with Crippen LogP contribution in [0, 0.1) is 6.92 Å². The Morgan fingerprint density at radius 2 is 1.70 bits per heavy atom. The monoisotopic (exact) mass is 434 g/mol. The number of aryl methyl sites for hydroxylation is 1. The lowest BCUT2D eigenvalue weighted by Gasteiger charge is -2.32. The highest BCUT2D eigenvalue weighted by atomic mass is 79.9. The average molecular weight is 435 g/mol. The number of amides is 1. The van der Waals surface area contributed by atoms with E-state index in [1.54, 1.807) is 4.57 Å². The SMILES string of the molecule is CCN(CC)C(=O)n1c(B2OC(C)(C)C(C)(C)O2)c(C)c2cc(Br)ccc21. The number of hydrogen-bond donors (Lipinski definition) is 0. The Bertz CT molecular complexity index is 871. The average Bonchev–Trinajstić information content (AvgIpc) is 2.98. The molecule has 27 heavy (non-hydrogen) atoms. The van der Waals surface area contributed by atoms with Crippen molar-refractivity contribution in [3.05, 3.63) is 28.2 Å². The van der Waals surface area contributed by atoms with Gasteiger partial charge in [0.1, 0.15) is 0 Å². The molecule has 0 saturated carbocycles. The van der Waals surface area contributed by atoms with Crippen molar-refractivity contribution in [3.8, 4) is 0 Å². The summed E-state index contributed by atoms with van der Waals surface area (Å²) >= 11 is 3.55. The predicted molar refractivity (Wildman–Crippen MR) is 114 cm³/mol. The fourth-order valence-corrected chi connectivity index (χ4v) is 3.88. The van der Waals surface area contributed by atoms with E-state index in [9.17, 15) is 4.79 Å². The topological polar surface area (TPSA) is 43.7 Å². The number of carbonyl (C=O) groups is 1. The molecule has 0 N–H and O–H groups in total. The summed E-state index contributed by atoms with van der Waals surface area (Å²) < 4.78 is 15.4. The molecule has 1 aromatic heterocycles. The van der Waals surface area contributed by atoms with Crippen molar-refractivity contribution in [2.24, 2.45) is 0 Å². The Hall–Kier alpha value is -1.31. The zero-order chi connectivity index (χ0) is 20.1. The van der Waals surface area contributed by atoms with Gasteiger partial charge in [-0.25, -0.2) is 4.79 Å². The van der Waals surface area contributed by atoms with Crippen molar-refractivity contribution in [2.45, 2.75) is 59.7 Å². The number of rotatable bonds is 3. The Kier molecular flexibility index (Phi) is 5.25. The molecule has 146 valence electrons. The van der Waals surface area contributed by atoms with E-state index < -0.39 is 18.3 Å². The molecule has 0 aliphatic carbocycles. The summed E-state index contributed by atoms with van der Waals surface area (Å²) in [5.41, 5.74) is 1.72. The van der Waals surface area contributed by atoms with Gasteiger partial charge in [0.15, 0.2) is 0 Å². The Labute approximate surface area is 170 Å². The summed E-state index contributed by atoms with van der Waals surface area (Å²) in [6.45, 7) is 15.4. The van der Waals surface area contributed by atoms with E-state index in [0.717, 1.165) is 26.5 Å². The first-order valence-electron chi connectivity index (χ1n) is 9.49. The van der Waals surface area contributed by atoms with Crippen LogP contribution >= 0.6 is 15.9 Å². The molecule has 1 saturated heterocycles. The molecule has 1 aromatic carbocycles. The first-order chi connectivity index (χ1) is 12.5. The van der Waals surface area contributed by atoms with Crippen LogP contribution in [0.15, 0.2) is 22.7 Å². The van der Waals surface area contributed by atoms with E-state index in [1.165, 1.54) is 0 Å². The molecule has 0 atom stereocenters. The molecule has 1 aliphatic heterocycles. The van der Waals surface area contributed by atoms with Gasteiger partial charge in [-0.3, -0.25) is 4.57 Å². The van der Waals surface area contributed by atoms with E-state index in [0.29, 0.717) is 13.1 Å². The maximum atomic E-state index is 13.4. The summed E-state index contributed by atoms with van der Waals surface area (Å²) in [6.07, 6.45) is 0. The van der Waals surface area contributed by atoms with Crippen LogP contribution in [0.4, 0.5) is 4.79 Å². The molecule has 0 spiro atoms. The van der Waals surface area contributed by atoms with Crippen LogP contribution in [-0.2, 0) is 9.31 Å². The summed E-state index contributed by atoms with van der Waals surface area (Å²) in [7, 11) is -0.597. The molecule has 0 unspecified atom stereocenters. The highest BCUT2D eigenvalue weighted by Gasteiger charge is 2.53. The maximum Gasteiger partial charge on any atom is 0.513 e. The van der Waals surface area contributed by atoms with Gasteiger partial charge >= 0.3 is 13.1 Å². The van der Waals surface area contributed by atoms with Crippen LogP contribution in [0.1, 0.15) is 47.1 Å². The maximum absolute atomic E-state index is 13.4. The lowest BCUT2D eigenvalue weighted by Crippen LogP contribution is -2.46. The third kappa shape index (κ3) is 3.24.